The first kappa shape index (κ1) is 18.7. The molecule has 2 nitrogen and oxygen atoms in total. The van der Waals surface area contributed by atoms with Gasteiger partial charge in [-0.05, 0) is 47.5 Å². The number of hydrogen-bond donors (Lipinski definition) is 2. The van der Waals surface area contributed by atoms with Gasteiger partial charge in [-0.25, -0.2) is 4.39 Å². The second-order valence-electron chi connectivity index (χ2n) is 6.04. The van der Waals surface area contributed by atoms with E-state index in [4.69, 9.17) is 23.2 Å². The molecule has 2 unspecified atom stereocenters. The molecule has 134 valence electrons. The Morgan fingerprint density at radius 2 is 1.54 bits per heavy atom. The zero-order chi connectivity index (χ0) is 18.5. The lowest BCUT2D eigenvalue weighted by Crippen LogP contribution is -2.15. The van der Waals surface area contributed by atoms with Gasteiger partial charge in [0.1, 0.15) is 5.82 Å². The predicted octanol–water partition coefficient (Wildman–Crippen LogP) is 6.41. The maximum absolute atomic E-state index is 13.2. The molecule has 26 heavy (non-hydrogen) atoms. The second kappa shape index (κ2) is 8.54. The average Bonchev–Trinajstić information content (AvgIpc) is 2.66. The highest BCUT2D eigenvalue weighted by Crippen LogP contribution is 2.33. The fourth-order valence-corrected chi connectivity index (χ4v) is 3.10. The summed E-state index contributed by atoms with van der Waals surface area (Å²) >= 11 is 12.2. The van der Waals surface area contributed by atoms with Crippen LogP contribution >= 0.6 is 23.2 Å². The molecule has 5 heteroatoms. The standard InChI is InChI=1S/C21H18Cl2FNO/c22-18-11-6-15(12-19(18)23)20(25-17-9-7-16(24)8-10-17)13-21(26)14-4-2-1-3-5-14/h1-12,20-21,25-26H,13H2. The first-order chi connectivity index (χ1) is 12.5. The quantitative estimate of drug-likeness (QED) is 0.510. The smallest absolute Gasteiger partial charge is 0.123 e. The predicted molar refractivity (Wildman–Crippen MR) is 105 cm³/mol. The summed E-state index contributed by atoms with van der Waals surface area (Å²) in [6, 6.07) is 20.7. The average molecular weight is 390 g/mol. The van der Waals surface area contributed by atoms with Crippen LogP contribution in [0.5, 0.6) is 0 Å². The van der Waals surface area contributed by atoms with E-state index in [0.717, 1.165) is 16.8 Å². The van der Waals surface area contributed by atoms with Gasteiger partial charge < -0.3 is 10.4 Å². The summed E-state index contributed by atoms with van der Waals surface area (Å²) < 4.78 is 13.2. The third-order valence-electron chi connectivity index (χ3n) is 4.17. The Labute approximate surface area is 162 Å². The normalized spacial score (nSPS) is 13.2. The fourth-order valence-electron chi connectivity index (χ4n) is 2.79. The Balaban J connectivity index is 1.87. The molecular weight excluding hydrogens is 372 g/mol. The summed E-state index contributed by atoms with van der Waals surface area (Å²) in [7, 11) is 0. The van der Waals surface area contributed by atoms with E-state index in [1.165, 1.54) is 12.1 Å². The van der Waals surface area contributed by atoms with Crippen LogP contribution in [0.15, 0.2) is 72.8 Å². The number of aliphatic hydroxyl groups is 1. The Morgan fingerprint density at radius 1 is 0.846 bits per heavy atom. The number of nitrogens with one attached hydrogen (secondary N) is 1. The Hall–Kier alpha value is -2.07. The molecule has 2 N–H and O–H groups in total. The monoisotopic (exact) mass is 389 g/mol. The molecule has 3 aromatic carbocycles. The van der Waals surface area contributed by atoms with Gasteiger partial charge in [0, 0.05) is 12.1 Å². The molecule has 0 radical (unpaired) electrons. The number of hydrogen-bond acceptors (Lipinski definition) is 2. The first-order valence-electron chi connectivity index (χ1n) is 8.23. The van der Waals surface area contributed by atoms with Crippen LogP contribution in [0.2, 0.25) is 10.0 Å². The lowest BCUT2D eigenvalue weighted by molar-refractivity contribution is 0.160. The minimum atomic E-state index is -0.663. The Kier molecular flexibility index (Phi) is 6.15. The van der Waals surface area contributed by atoms with Gasteiger partial charge in [-0.3, -0.25) is 0 Å². The maximum atomic E-state index is 13.2. The van der Waals surface area contributed by atoms with Gasteiger partial charge in [-0.15, -0.1) is 0 Å². The van der Waals surface area contributed by atoms with Gasteiger partial charge in [0.2, 0.25) is 0 Å². The van der Waals surface area contributed by atoms with Crippen molar-refractivity contribution in [2.24, 2.45) is 0 Å². The summed E-state index contributed by atoms with van der Waals surface area (Å²) in [5, 5.41) is 14.9. The van der Waals surface area contributed by atoms with E-state index in [-0.39, 0.29) is 11.9 Å². The highest BCUT2D eigenvalue weighted by molar-refractivity contribution is 6.42. The number of aliphatic hydroxyl groups excluding tert-OH is 1. The van der Waals surface area contributed by atoms with E-state index < -0.39 is 6.10 Å². The van der Waals surface area contributed by atoms with Gasteiger partial charge >= 0.3 is 0 Å². The van der Waals surface area contributed by atoms with Crippen molar-refractivity contribution in [2.45, 2.75) is 18.6 Å². The lowest BCUT2D eigenvalue weighted by Gasteiger charge is -2.24. The number of rotatable bonds is 6. The van der Waals surface area contributed by atoms with E-state index in [1.807, 2.05) is 36.4 Å². The third-order valence-corrected chi connectivity index (χ3v) is 4.91. The van der Waals surface area contributed by atoms with Crippen LogP contribution in [0.1, 0.15) is 29.7 Å². The minimum Gasteiger partial charge on any atom is -0.388 e. The van der Waals surface area contributed by atoms with Gasteiger partial charge in [0.25, 0.3) is 0 Å². The van der Waals surface area contributed by atoms with E-state index in [1.54, 1.807) is 24.3 Å². The summed E-state index contributed by atoms with van der Waals surface area (Å²) in [5.41, 5.74) is 2.47. The van der Waals surface area contributed by atoms with Crippen molar-refractivity contribution in [2.75, 3.05) is 5.32 Å². The molecule has 3 rings (SSSR count). The zero-order valence-electron chi connectivity index (χ0n) is 13.9. The molecule has 0 aliphatic rings. The minimum absolute atomic E-state index is 0.231. The molecule has 3 aromatic rings. The van der Waals surface area contributed by atoms with Crippen molar-refractivity contribution in [3.8, 4) is 0 Å². The molecule has 0 saturated heterocycles. The van der Waals surface area contributed by atoms with Crippen LogP contribution in [-0.4, -0.2) is 5.11 Å². The first-order valence-corrected chi connectivity index (χ1v) is 8.98. The van der Waals surface area contributed by atoms with Crippen molar-refractivity contribution >= 4 is 28.9 Å². The molecule has 0 amide bonds. The molecule has 0 aliphatic carbocycles. The molecule has 0 fully saturated rings. The van der Waals surface area contributed by atoms with Crippen LogP contribution in [-0.2, 0) is 0 Å². The third kappa shape index (κ3) is 4.76. The van der Waals surface area contributed by atoms with Gasteiger partial charge in [0.05, 0.1) is 22.2 Å². The molecule has 0 saturated carbocycles. The van der Waals surface area contributed by atoms with Crippen LogP contribution in [0.25, 0.3) is 0 Å². The molecule has 0 bridgehead atoms. The number of anilines is 1. The van der Waals surface area contributed by atoms with Crippen LogP contribution in [0.3, 0.4) is 0 Å². The van der Waals surface area contributed by atoms with E-state index in [0.29, 0.717) is 16.5 Å². The maximum Gasteiger partial charge on any atom is 0.123 e. The SMILES string of the molecule is OC(CC(Nc1ccc(F)cc1)c1ccc(Cl)c(Cl)c1)c1ccccc1. The van der Waals surface area contributed by atoms with E-state index >= 15 is 0 Å². The Bertz CT molecular complexity index is 856. The molecule has 0 spiro atoms. The largest absolute Gasteiger partial charge is 0.388 e. The Morgan fingerprint density at radius 3 is 2.19 bits per heavy atom. The highest BCUT2D eigenvalue weighted by atomic mass is 35.5. The van der Waals surface area contributed by atoms with Crippen LogP contribution in [0, 0.1) is 5.82 Å². The summed E-state index contributed by atoms with van der Waals surface area (Å²) in [4.78, 5) is 0. The topological polar surface area (TPSA) is 32.3 Å². The van der Waals surface area contributed by atoms with Crippen molar-refractivity contribution in [1.82, 2.24) is 0 Å². The molecule has 0 heterocycles. The number of halogens is 3. The van der Waals surface area contributed by atoms with E-state index in [9.17, 15) is 9.50 Å². The van der Waals surface area contributed by atoms with Crippen LogP contribution in [0.4, 0.5) is 10.1 Å². The van der Waals surface area contributed by atoms with Gasteiger partial charge in [-0.2, -0.15) is 0 Å². The van der Waals surface area contributed by atoms with Crippen LogP contribution < -0.4 is 5.32 Å². The highest BCUT2D eigenvalue weighted by Gasteiger charge is 2.19. The summed E-state index contributed by atoms with van der Waals surface area (Å²) in [6.07, 6.45) is -0.247. The summed E-state index contributed by atoms with van der Waals surface area (Å²) in [6.45, 7) is 0. The van der Waals surface area contributed by atoms with Crippen molar-refractivity contribution in [1.29, 1.82) is 0 Å². The fraction of sp³-hybridized carbons (Fsp3) is 0.143. The zero-order valence-corrected chi connectivity index (χ0v) is 15.4. The van der Waals surface area contributed by atoms with Gasteiger partial charge in [-0.1, -0.05) is 59.6 Å². The van der Waals surface area contributed by atoms with E-state index in [2.05, 4.69) is 5.32 Å². The summed E-state index contributed by atoms with van der Waals surface area (Å²) in [5.74, 6) is -0.300. The molecular formula is C21H18Cl2FNO. The van der Waals surface area contributed by atoms with Crippen molar-refractivity contribution in [3.63, 3.8) is 0 Å². The number of benzene rings is 3. The molecule has 2 atom stereocenters. The second-order valence-corrected chi connectivity index (χ2v) is 6.85. The molecule has 0 aromatic heterocycles. The van der Waals surface area contributed by atoms with Gasteiger partial charge in [0.15, 0.2) is 0 Å². The molecule has 0 aliphatic heterocycles. The lowest BCUT2D eigenvalue weighted by atomic mass is 9.96. The van der Waals surface area contributed by atoms with Crippen molar-refractivity contribution < 1.29 is 9.50 Å². The van der Waals surface area contributed by atoms with Crippen molar-refractivity contribution in [3.05, 3.63) is 99.8 Å².